The van der Waals surface area contributed by atoms with E-state index >= 15 is 0 Å². The van der Waals surface area contributed by atoms with Crippen LogP contribution in [0.1, 0.15) is 70.3 Å². The van der Waals surface area contributed by atoms with E-state index in [0.717, 1.165) is 25.1 Å². The van der Waals surface area contributed by atoms with E-state index in [2.05, 4.69) is 22.2 Å². The highest BCUT2D eigenvalue weighted by Gasteiger charge is 1.98. The number of guanidine groups is 2. The van der Waals surface area contributed by atoms with E-state index in [1.54, 1.807) is 7.11 Å². The van der Waals surface area contributed by atoms with Crippen molar-refractivity contribution in [2.24, 2.45) is 21.5 Å². The van der Waals surface area contributed by atoms with Crippen molar-refractivity contribution in [3.05, 3.63) is 29.8 Å². The number of hydrogen-bond acceptors (Lipinski definition) is 3. The van der Waals surface area contributed by atoms with Gasteiger partial charge in [0.2, 0.25) is 0 Å². The largest absolute Gasteiger partial charge is 0.497 e. The number of hydrogen-bond donors (Lipinski definition) is 3. The number of benzene rings is 1. The zero-order valence-electron chi connectivity index (χ0n) is 17.8. The summed E-state index contributed by atoms with van der Waals surface area (Å²) in [5.41, 5.74) is 12.9. The molecule has 0 unspecified atom stereocenters. The van der Waals surface area contributed by atoms with Gasteiger partial charge in [-0.2, -0.15) is 0 Å². The molecule has 0 saturated heterocycles. The topological polar surface area (TPSA) is 98.0 Å². The third-order valence-electron chi connectivity index (χ3n) is 4.64. The molecular formula is C22H39N5O. The molecular weight excluding hydrogens is 350 g/mol. The van der Waals surface area contributed by atoms with Crippen molar-refractivity contribution in [3.63, 3.8) is 0 Å². The van der Waals surface area contributed by atoms with Gasteiger partial charge in [-0.15, -0.1) is 0 Å². The van der Waals surface area contributed by atoms with Crippen LogP contribution in [0, 0.1) is 0 Å². The molecule has 0 radical (unpaired) electrons. The molecule has 158 valence electrons. The first-order valence-corrected chi connectivity index (χ1v) is 10.7. The highest BCUT2D eigenvalue weighted by Crippen LogP contribution is 2.11. The molecule has 1 rings (SSSR count). The zero-order chi connectivity index (χ0) is 20.5. The SMILES string of the molecule is CCCCCCCCCCCN=C(N)NC(N)=NCCc1ccc(OC)cc1. The first kappa shape index (κ1) is 23.8. The Morgan fingerprint density at radius 1 is 0.821 bits per heavy atom. The summed E-state index contributed by atoms with van der Waals surface area (Å²) in [5, 5.41) is 2.85. The monoisotopic (exact) mass is 389 g/mol. The Labute approximate surface area is 170 Å². The van der Waals surface area contributed by atoms with Crippen LogP contribution in [0.4, 0.5) is 0 Å². The van der Waals surface area contributed by atoms with Crippen molar-refractivity contribution in [1.82, 2.24) is 5.32 Å². The Bertz CT molecular complexity index is 569. The average molecular weight is 390 g/mol. The summed E-state index contributed by atoms with van der Waals surface area (Å²) in [6, 6.07) is 7.94. The van der Waals surface area contributed by atoms with E-state index < -0.39 is 0 Å². The number of ether oxygens (including phenoxy) is 1. The van der Waals surface area contributed by atoms with Gasteiger partial charge >= 0.3 is 0 Å². The van der Waals surface area contributed by atoms with Gasteiger partial charge in [-0.05, 0) is 30.5 Å². The first-order chi connectivity index (χ1) is 13.7. The van der Waals surface area contributed by atoms with E-state index in [1.165, 1.54) is 56.9 Å². The van der Waals surface area contributed by atoms with Crippen molar-refractivity contribution in [3.8, 4) is 5.75 Å². The van der Waals surface area contributed by atoms with E-state index in [1.807, 2.05) is 24.3 Å². The average Bonchev–Trinajstić information content (AvgIpc) is 2.70. The van der Waals surface area contributed by atoms with E-state index in [9.17, 15) is 0 Å². The third kappa shape index (κ3) is 12.2. The minimum absolute atomic E-state index is 0.307. The van der Waals surface area contributed by atoms with Gasteiger partial charge in [-0.25, -0.2) is 0 Å². The molecule has 0 atom stereocenters. The molecule has 6 heteroatoms. The molecule has 0 aliphatic carbocycles. The zero-order valence-corrected chi connectivity index (χ0v) is 17.8. The van der Waals surface area contributed by atoms with Gasteiger partial charge in [0.1, 0.15) is 5.75 Å². The summed E-state index contributed by atoms with van der Waals surface area (Å²) in [6.45, 7) is 3.58. The number of rotatable bonds is 14. The van der Waals surface area contributed by atoms with Crippen LogP contribution in [-0.2, 0) is 6.42 Å². The van der Waals surface area contributed by atoms with Crippen LogP contribution < -0.4 is 21.5 Å². The molecule has 0 aliphatic heterocycles. The van der Waals surface area contributed by atoms with Gasteiger partial charge < -0.3 is 16.2 Å². The molecule has 0 heterocycles. The maximum Gasteiger partial charge on any atom is 0.195 e. The number of aliphatic imine (C=N–C) groups is 2. The lowest BCUT2D eigenvalue weighted by atomic mass is 10.1. The quantitative estimate of drug-likeness (QED) is 0.254. The van der Waals surface area contributed by atoms with Gasteiger partial charge in [-0.1, -0.05) is 70.4 Å². The van der Waals surface area contributed by atoms with Crippen molar-refractivity contribution in [2.45, 2.75) is 71.1 Å². The second kappa shape index (κ2) is 15.8. The van der Waals surface area contributed by atoms with Crippen LogP contribution in [-0.4, -0.2) is 32.1 Å². The molecule has 5 N–H and O–H groups in total. The lowest BCUT2D eigenvalue weighted by Crippen LogP contribution is -2.41. The maximum absolute atomic E-state index is 5.86. The summed E-state index contributed by atoms with van der Waals surface area (Å²) in [5.74, 6) is 1.50. The fraction of sp³-hybridized carbons (Fsp3) is 0.636. The number of nitrogens with one attached hydrogen (secondary N) is 1. The summed E-state index contributed by atoms with van der Waals surface area (Å²) < 4.78 is 5.15. The van der Waals surface area contributed by atoms with Crippen LogP contribution in [0.25, 0.3) is 0 Å². The Hall–Kier alpha value is -2.24. The van der Waals surface area contributed by atoms with Crippen LogP contribution in [0.3, 0.4) is 0 Å². The molecule has 0 aliphatic rings. The van der Waals surface area contributed by atoms with Gasteiger partial charge in [-0.3, -0.25) is 15.3 Å². The summed E-state index contributed by atoms with van der Waals surface area (Å²) in [6.07, 6.45) is 12.5. The second-order valence-corrected chi connectivity index (χ2v) is 7.09. The fourth-order valence-corrected chi connectivity index (χ4v) is 2.93. The molecule has 0 bridgehead atoms. The predicted molar refractivity (Wildman–Crippen MR) is 120 cm³/mol. The minimum Gasteiger partial charge on any atom is -0.497 e. The van der Waals surface area contributed by atoms with Crippen LogP contribution >= 0.6 is 0 Å². The van der Waals surface area contributed by atoms with Gasteiger partial charge in [0.25, 0.3) is 0 Å². The first-order valence-electron chi connectivity index (χ1n) is 10.7. The number of unbranched alkanes of at least 4 members (excludes halogenated alkanes) is 8. The molecule has 1 aromatic rings. The fourth-order valence-electron chi connectivity index (χ4n) is 2.93. The van der Waals surface area contributed by atoms with Gasteiger partial charge in [0.05, 0.1) is 7.11 Å². The summed E-state index contributed by atoms with van der Waals surface area (Å²) in [4.78, 5) is 8.61. The summed E-state index contributed by atoms with van der Waals surface area (Å²) in [7, 11) is 1.66. The highest BCUT2D eigenvalue weighted by atomic mass is 16.5. The van der Waals surface area contributed by atoms with Crippen LogP contribution in [0.5, 0.6) is 5.75 Å². The van der Waals surface area contributed by atoms with Gasteiger partial charge in [0, 0.05) is 13.1 Å². The van der Waals surface area contributed by atoms with E-state index in [-0.39, 0.29) is 0 Å². The van der Waals surface area contributed by atoms with E-state index in [0.29, 0.717) is 18.5 Å². The lowest BCUT2D eigenvalue weighted by Gasteiger charge is -2.06. The molecule has 0 aromatic heterocycles. The normalized spacial score (nSPS) is 12.2. The number of nitrogens with two attached hydrogens (primary N) is 2. The molecule has 0 amide bonds. The maximum atomic E-state index is 5.86. The molecule has 6 nitrogen and oxygen atoms in total. The van der Waals surface area contributed by atoms with Gasteiger partial charge in [0.15, 0.2) is 11.9 Å². The van der Waals surface area contributed by atoms with Crippen LogP contribution in [0.2, 0.25) is 0 Å². The Kier molecular flexibility index (Phi) is 13.4. The molecule has 28 heavy (non-hydrogen) atoms. The van der Waals surface area contributed by atoms with Crippen molar-refractivity contribution >= 4 is 11.9 Å². The summed E-state index contributed by atoms with van der Waals surface area (Å²) >= 11 is 0. The standard InChI is InChI=1S/C22H39N5O/c1-3-4-5-6-7-8-9-10-11-17-25-21(23)27-22(24)26-18-16-19-12-14-20(28-2)15-13-19/h12-15H,3-11,16-18H2,1-2H3,(H5,23,24,25,26,27). The van der Waals surface area contributed by atoms with Crippen molar-refractivity contribution < 1.29 is 4.74 Å². The number of methoxy groups -OCH3 is 1. The Morgan fingerprint density at radius 2 is 1.36 bits per heavy atom. The van der Waals surface area contributed by atoms with Crippen molar-refractivity contribution in [1.29, 1.82) is 0 Å². The Morgan fingerprint density at radius 3 is 1.93 bits per heavy atom. The van der Waals surface area contributed by atoms with E-state index in [4.69, 9.17) is 16.2 Å². The third-order valence-corrected chi connectivity index (χ3v) is 4.64. The Balaban J connectivity index is 2.10. The molecule has 0 saturated carbocycles. The highest BCUT2D eigenvalue weighted by molar-refractivity contribution is 5.97. The van der Waals surface area contributed by atoms with Crippen LogP contribution in [0.15, 0.2) is 34.3 Å². The second-order valence-electron chi connectivity index (χ2n) is 7.09. The smallest absolute Gasteiger partial charge is 0.195 e. The number of nitrogens with zero attached hydrogens (tertiary/aromatic N) is 2. The molecule has 1 aromatic carbocycles. The minimum atomic E-state index is 0.307. The molecule has 0 fully saturated rings. The predicted octanol–water partition coefficient (Wildman–Crippen LogP) is 3.99. The lowest BCUT2D eigenvalue weighted by molar-refractivity contribution is 0.414. The van der Waals surface area contributed by atoms with Crippen molar-refractivity contribution in [2.75, 3.05) is 20.2 Å². The molecule has 0 spiro atoms.